The number of alkyl halides is 3. The summed E-state index contributed by atoms with van der Waals surface area (Å²) in [6.07, 6.45) is 10.9. The Balaban J connectivity index is 0.663. The molecule has 2 amide bonds. The molecule has 3 aromatic heterocycles. The fourth-order valence-corrected chi connectivity index (χ4v) is 11.8. The van der Waals surface area contributed by atoms with Crippen molar-refractivity contribution in [2.45, 2.75) is 136 Å². The molecule has 15 heteroatoms. The molecule has 2 aliphatic heterocycles. The first-order valence-electron chi connectivity index (χ1n) is 28.0. The molecule has 11 rings (SSSR count). The number of nitrogens with zero attached hydrogens (tertiary/aromatic N) is 8. The molecule has 4 aromatic carbocycles. The molecule has 77 heavy (non-hydrogen) atoms. The minimum Gasteiger partial charge on any atom is -0.444 e. The molecule has 2 aliphatic carbocycles. The van der Waals surface area contributed by atoms with Crippen molar-refractivity contribution in [1.29, 1.82) is 0 Å². The van der Waals surface area contributed by atoms with Crippen molar-refractivity contribution in [2.24, 2.45) is 17.8 Å². The maximum Gasteiger partial charge on any atom is 0.410 e. The number of carbonyl (C=O) groups excluding carboxylic acids is 2. The lowest BCUT2D eigenvalue weighted by molar-refractivity contribution is -0.131. The maximum atomic E-state index is 13.7. The Hall–Kier alpha value is -6.74. The predicted molar refractivity (Wildman–Crippen MR) is 296 cm³/mol. The quantitative estimate of drug-likeness (QED) is 0.102. The molecule has 4 aliphatic rings. The maximum absolute atomic E-state index is 13.7. The summed E-state index contributed by atoms with van der Waals surface area (Å²) >= 11 is 0. The number of aryl methyl sites for hydroxylation is 1. The van der Waals surface area contributed by atoms with Crippen LogP contribution in [-0.2, 0) is 30.9 Å². The summed E-state index contributed by atoms with van der Waals surface area (Å²) in [5.74, 6) is 2.11. The smallest absolute Gasteiger partial charge is 0.410 e. The Morgan fingerprint density at radius 3 is 2.17 bits per heavy atom. The molecule has 0 atom stereocenters. The molecule has 12 nitrogen and oxygen atoms in total. The molecule has 0 unspecified atom stereocenters. The minimum atomic E-state index is -4.25. The summed E-state index contributed by atoms with van der Waals surface area (Å²) in [5, 5.41) is 9.62. The van der Waals surface area contributed by atoms with E-state index < -0.39 is 18.2 Å². The lowest BCUT2D eigenvalue weighted by Gasteiger charge is -2.46. The zero-order valence-corrected chi connectivity index (χ0v) is 45.0. The zero-order valence-electron chi connectivity index (χ0n) is 45.0. The number of anilines is 1. The lowest BCUT2D eigenvalue weighted by Crippen LogP contribution is -2.54. The van der Waals surface area contributed by atoms with Gasteiger partial charge in [0.1, 0.15) is 11.2 Å². The Labute approximate surface area is 450 Å². The third-order valence-corrected chi connectivity index (χ3v) is 16.3. The summed E-state index contributed by atoms with van der Waals surface area (Å²) < 4.78 is 48.8. The number of amides is 2. The van der Waals surface area contributed by atoms with Crippen LogP contribution in [0.15, 0.2) is 104 Å². The van der Waals surface area contributed by atoms with E-state index in [1.807, 2.05) is 49.9 Å². The van der Waals surface area contributed by atoms with Crippen molar-refractivity contribution in [1.82, 2.24) is 39.0 Å². The van der Waals surface area contributed by atoms with Crippen LogP contribution in [0.5, 0.6) is 0 Å². The Bertz CT molecular complexity index is 3210. The average molecular weight is 1050 g/mol. The third-order valence-electron chi connectivity index (χ3n) is 16.3. The summed E-state index contributed by atoms with van der Waals surface area (Å²) in [6.45, 7) is 13.6. The first kappa shape index (κ1) is 52.3. The molecule has 0 spiro atoms. The van der Waals surface area contributed by atoms with Crippen LogP contribution in [0.4, 0.5) is 23.9 Å². The Morgan fingerprint density at radius 2 is 1.47 bits per heavy atom. The number of benzene rings is 4. The highest BCUT2D eigenvalue weighted by Crippen LogP contribution is 2.38. The highest BCUT2D eigenvalue weighted by Gasteiger charge is 2.38. The van der Waals surface area contributed by atoms with Gasteiger partial charge in [-0.1, -0.05) is 79.9 Å². The van der Waals surface area contributed by atoms with E-state index in [9.17, 15) is 22.8 Å². The number of aromatic nitrogens is 5. The molecule has 2 saturated heterocycles. The van der Waals surface area contributed by atoms with Crippen LogP contribution in [0.3, 0.4) is 0 Å². The molecule has 0 radical (unpaired) electrons. The Kier molecular flexibility index (Phi) is 14.9. The van der Waals surface area contributed by atoms with E-state index in [1.54, 1.807) is 11.1 Å². The van der Waals surface area contributed by atoms with Gasteiger partial charge in [-0.2, -0.15) is 23.3 Å². The first-order valence-corrected chi connectivity index (χ1v) is 28.0. The minimum absolute atomic E-state index is 0.0483. The second-order valence-corrected chi connectivity index (χ2v) is 23.5. The van der Waals surface area contributed by atoms with Crippen molar-refractivity contribution in [2.75, 3.05) is 38.0 Å². The van der Waals surface area contributed by atoms with Gasteiger partial charge in [0.05, 0.1) is 11.9 Å². The number of likely N-dealkylation sites (tertiary alicyclic amines) is 2. The third kappa shape index (κ3) is 12.7. The van der Waals surface area contributed by atoms with E-state index in [2.05, 4.69) is 104 Å². The molecule has 7 aromatic rings. The summed E-state index contributed by atoms with van der Waals surface area (Å²) in [6, 6.07) is 29.6. The molecule has 5 heterocycles. The number of nitrogens with one attached hydrogen (secondary N) is 1. The van der Waals surface area contributed by atoms with Gasteiger partial charge >= 0.3 is 12.3 Å². The van der Waals surface area contributed by atoms with Crippen LogP contribution < -0.4 is 5.32 Å². The molecule has 4 fully saturated rings. The number of carbonyl (C=O) groups is 2. The first-order chi connectivity index (χ1) is 37.0. The predicted octanol–water partition coefficient (Wildman–Crippen LogP) is 13.6. The van der Waals surface area contributed by atoms with E-state index in [0.29, 0.717) is 36.5 Å². The molecular weight excluding hydrogens is 976 g/mol. The number of fused-ring (bicyclic) bond motifs is 2. The normalized spacial score (nSPS) is 17.3. The lowest BCUT2D eigenvalue weighted by atomic mass is 9.79. The van der Waals surface area contributed by atoms with Crippen molar-refractivity contribution in [3.63, 3.8) is 0 Å². The van der Waals surface area contributed by atoms with Crippen molar-refractivity contribution in [3.05, 3.63) is 131 Å². The van der Waals surface area contributed by atoms with Crippen molar-refractivity contribution in [3.8, 4) is 22.3 Å². The number of hydrogen-bond acceptors (Lipinski definition) is 8. The van der Waals surface area contributed by atoms with Crippen molar-refractivity contribution < 1.29 is 27.5 Å². The fourth-order valence-electron chi connectivity index (χ4n) is 11.8. The van der Waals surface area contributed by atoms with Gasteiger partial charge in [0, 0.05) is 92.3 Å². The summed E-state index contributed by atoms with van der Waals surface area (Å²) in [4.78, 5) is 42.8. The number of halogens is 3. The van der Waals surface area contributed by atoms with Crippen LogP contribution in [-0.4, -0.2) is 95.5 Å². The Morgan fingerprint density at radius 1 is 0.766 bits per heavy atom. The number of rotatable bonds is 16. The molecule has 404 valence electrons. The SMILES string of the molecule is Cc1cc(CN(Cc2ccc(C(=O)N3CC(C4CCN(Cc5ccc(-c6cn(C7CCCCC7)c7nc(NCCC(F)(F)F)ncc67)cc5)CC4)C3)cc2)C(=O)OC(C)(C)C)ccc1-c1ccc2nn(CC3CC3)cc2c1. The number of ether oxygens (including phenoxy) is 1. The van der Waals surface area contributed by atoms with E-state index in [0.717, 1.165) is 145 Å². The van der Waals surface area contributed by atoms with Gasteiger partial charge in [0.25, 0.3) is 5.91 Å². The van der Waals surface area contributed by atoms with E-state index in [-0.39, 0.29) is 24.5 Å². The van der Waals surface area contributed by atoms with Gasteiger partial charge in [0.15, 0.2) is 0 Å². The largest absolute Gasteiger partial charge is 0.444 e. The molecule has 1 N–H and O–H groups in total. The van der Waals surface area contributed by atoms with E-state index in [4.69, 9.17) is 14.8 Å². The summed E-state index contributed by atoms with van der Waals surface area (Å²) in [5.41, 5.74) is 10.5. The standard InChI is InChI=1S/C62H72F3N9O3/c1-41-30-45(16-22-53(41)49-21-23-56-50(31-49)39-73(69-56)36-44-10-11-44)35-72(60(76)77-61(2,3)4)34-43-14-19-48(20-15-43)58(75)71-37-51(38-71)46-24-28-70(29-25-46)33-42-12-17-47(18-13-42)55-40-74(52-8-6-5-7-9-52)57-54(55)32-67-59(68-57)66-27-26-62(63,64)65/h12-23,30-32,39-40,44,46,51-52H,5-11,24-29,33-38H2,1-4H3,(H,66,67,68). The van der Waals surface area contributed by atoms with Crippen LogP contribution in [0, 0.1) is 24.7 Å². The molecule has 0 bridgehead atoms. The fraction of sp³-hybridized carbons (Fsp3) is 0.468. The van der Waals surface area contributed by atoms with Crippen LogP contribution in [0.2, 0.25) is 0 Å². The second-order valence-electron chi connectivity index (χ2n) is 23.5. The van der Waals surface area contributed by atoms with E-state index >= 15 is 0 Å². The number of hydrogen-bond donors (Lipinski definition) is 1. The topological polar surface area (TPSA) is 114 Å². The van der Waals surface area contributed by atoms with Gasteiger partial charge in [-0.15, -0.1) is 0 Å². The average Bonchev–Trinajstić information content (AvgIpc) is 4.10. The van der Waals surface area contributed by atoms with Crippen LogP contribution in [0.25, 0.3) is 44.2 Å². The van der Waals surface area contributed by atoms with Gasteiger partial charge < -0.3 is 19.5 Å². The summed E-state index contributed by atoms with van der Waals surface area (Å²) in [7, 11) is 0. The van der Waals surface area contributed by atoms with Gasteiger partial charge in [-0.3, -0.25) is 19.3 Å². The van der Waals surface area contributed by atoms with Crippen LogP contribution >= 0.6 is 0 Å². The zero-order chi connectivity index (χ0) is 53.4. The van der Waals surface area contributed by atoms with Crippen LogP contribution in [0.1, 0.15) is 124 Å². The molecular formula is C62H72F3N9O3. The molecule has 2 saturated carbocycles. The van der Waals surface area contributed by atoms with Gasteiger partial charge in [0.2, 0.25) is 5.95 Å². The monoisotopic (exact) mass is 1050 g/mol. The van der Waals surface area contributed by atoms with E-state index in [1.165, 1.54) is 24.8 Å². The highest BCUT2D eigenvalue weighted by atomic mass is 19.4. The highest BCUT2D eigenvalue weighted by molar-refractivity contribution is 5.95. The second kappa shape index (κ2) is 21.9. The van der Waals surface area contributed by atoms with Gasteiger partial charge in [-0.25, -0.2) is 9.78 Å². The van der Waals surface area contributed by atoms with Gasteiger partial charge in [-0.05, 0) is 160 Å². The number of piperidine rings is 1. The van der Waals surface area contributed by atoms with Crippen molar-refractivity contribution >= 4 is 39.9 Å².